The Morgan fingerprint density at radius 2 is 1.79 bits per heavy atom. The molecule has 2 aromatic rings. The van der Waals surface area contributed by atoms with Crippen molar-refractivity contribution in [1.29, 1.82) is 0 Å². The van der Waals surface area contributed by atoms with Crippen molar-refractivity contribution in [1.82, 2.24) is 10.1 Å². The lowest BCUT2D eigenvalue weighted by Gasteiger charge is -2.36. The van der Waals surface area contributed by atoms with Crippen molar-refractivity contribution >= 4 is 24.1 Å². The van der Waals surface area contributed by atoms with Crippen LogP contribution in [0.5, 0.6) is 11.5 Å². The molecule has 1 aliphatic rings. The number of hydrazine groups is 1. The number of para-hydroxylation sites is 1. The highest BCUT2D eigenvalue weighted by Crippen LogP contribution is 2.42. The molecule has 1 atom stereocenters. The SMILES string of the molecule is CCCCCC(CN(C=O)OCc1ccccc1)C(=O)N(C)N(C(=O)OC(C)(C)C)c1cccc2c1OCO2. The molecule has 0 saturated carbocycles. The lowest BCUT2D eigenvalue weighted by Crippen LogP contribution is -2.52. The minimum atomic E-state index is -0.811. The van der Waals surface area contributed by atoms with Crippen molar-refractivity contribution in [2.24, 2.45) is 5.92 Å². The standard InChI is InChI=1S/C29H39N3O7/c1-6-7-9-15-23(18-31(20-33)38-19-22-13-10-8-11-14-22)27(34)30(5)32(28(35)39-29(2,3)4)24-16-12-17-25-26(24)37-21-36-25/h8,10-14,16-17,20,23H,6-7,9,15,18-19,21H2,1-5H3. The number of amides is 3. The number of unbranched alkanes of at least 4 members (excludes halogenated alkanes) is 2. The molecule has 0 aliphatic carbocycles. The van der Waals surface area contributed by atoms with Crippen molar-refractivity contribution in [3.63, 3.8) is 0 Å². The Morgan fingerprint density at radius 1 is 1.05 bits per heavy atom. The highest BCUT2D eigenvalue weighted by molar-refractivity contribution is 5.95. The van der Waals surface area contributed by atoms with Crippen LogP contribution in [0.1, 0.15) is 58.9 Å². The maximum Gasteiger partial charge on any atom is 0.434 e. The number of hydrogen-bond acceptors (Lipinski definition) is 7. The second-order valence-electron chi connectivity index (χ2n) is 10.3. The van der Waals surface area contributed by atoms with E-state index in [1.807, 2.05) is 30.3 Å². The number of hydroxylamine groups is 2. The average molecular weight is 542 g/mol. The molecule has 0 radical (unpaired) electrons. The molecule has 0 aromatic heterocycles. The number of ether oxygens (including phenoxy) is 3. The second kappa shape index (κ2) is 13.8. The molecule has 1 unspecified atom stereocenters. The van der Waals surface area contributed by atoms with Crippen molar-refractivity contribution in [2.45, 2.75) is 65.6 Å². The quantitative estimate of drug-likeness (QED) is 0.204. The Hall–Kier alpha value is -3.79. The van der Waals surface area contributed by atoms with E-state index in [9.17, 15) is 14.4 Å². The summed E-state index contributed by atoms with van der Waals surface area (Å²) in [7, 11) is 1.50. The molecule has 3 rings (SSSR count). The Kier molecular flexibility index (Phi) is 10.6. The van der Waals surface area contributed by atoms with Crippen LogP contribution in [0.15, 0.2) is 48.5 Å². The normalized spacial score (nSPS) is 12.9. The van der Waals surface area contributed by atoms with Gasteiger partial charge in [-0.05, 0) is 44.9 Å². The Labute approximate surface area is 230 Å². The molecular weight excluding hydrogens is 502 g/mol. The van der Waals surface area contributed by atoms with Gasteiger partial charge in [-0.2, -0.15) is 5.01 Å². The predicted molar refractivity (Wildman–Crippen MR) is 146 cm³/mol. The Balaban J connectivity index is 1.86. The van der Waals surface area contributed by atoms with Gasteiger partial charge in [0, 0.05) is 7.05 Å². The van der Waals surface area contributed by atoms with E-state index in [0.717, 1.165) is 34.9 Å². The average Bonchev–Trinajstić information content (AvgIpc) is 3.39. The van der Waals surface area contributed by atoms with Gasteiger partial charge in [-0.1, -0.05) is 62.6 Å². The van der Waals surface area contributed by atoms with Crippen LogP contribution < -0.4 is 14.5 Å². The van der Waals surface area contributed by atoms with Crippen molar-refractivity contribution < 1.29 is 33.4 Å². The zero-order valence-corrected chi connectivity index (χ0v) is 23.4. The number of nitrogens with zero attached hydrogens (tertiary/aromatic N) is 3. The topological polar surface area (TPSA) is 97.9 Å². The summed E-state index contributed by atoms with van der Waals surface area (Å²) in [6.45, 7) is 7.53. The molecule has 2 aromatic carbocycles. The lowest BCUT2D eigenvalue weighted by atomic mass is 10.00. The predicted octanol–water partition coefficient (Wildman–Crippen LogP) is 5.32. The molecule has 0 spiro atoms. The van der Waals surface area contributed by atoms with Crippen LogP contribution in [0.25, 0.3) is 0 Å². The third-order valence-corrected chi connectivity index (χ3v) is 6.05. The summed E-state index contributed by atoms with van der Waals surface area (Å²) in [5, 5.41) is 3.52. The highest BCUT2D eigenvalue weighted by atomic mass is 16.7. The van der Waals surface area contributed by atoms with E-state index in [1.165, 1.54) is 12.1 Å². The van der Waals surface area contributed by atoms with Gasteiger partial charge in [0.1, 0.15) is 17.9 Å². The van der Waals surface area contributed by atoms with E-state index >= 15 is 0 Å². The molecule has 10 nitrogen and oxygen atoms in total. The van der Waals surface area contributed by atoms with Crippen LogP contribution in [-0.4, -0.2) is 54.5 Å². The minimum absolute atomic E-state index is 0.00113. The van der Waals surface area contributed by atoms with Crippen LogP contribution in [0.2, 0.25) is 0 Å². The van der Waals surface area contributed by atoms with Crippen LogP contribution in [-0.2, 0) is 25.8 Å². The van der Waals surface area contributed by atoms with Gasteiger partial charge in [0.25, 0.3) is 0 Å². The Bertz CT molecular complexity index is 1100. The van der Waals surface area contributed by atoms with E-state index in [2.05, 4.69) is 6.92 Å². The number of anilines is 1. The van der Waals surface area contributed by atoms with Crippen LogP contribution in [0, 0.1) is 5.92 Å². The monoisotopic (exact) mass is 541 g/mol. The summed E-state index contributed by atoms with van der Waals surface area (Å²) in [5.41, 5.74) is 0.399. The highest BCUT2D eigenvalue weighted by Gasteiger charge is 2.36. The van der Waals surface area contributed by atoms with E-state index < -0.39 is 17.6 Å². The van der Waals surface area contributed by atoms with Crippen LogP contribution in [0.3, 0.4) is 0 Å². The first-order valence-electron chi connectivity index (χ1n) is 13.2. The first kappa shape index (κ1) is 29.8. The number of benzene rings is 2. The molecular formula is C29H39N3O7. The maximum absolute atomic E-state index is 14.0. The van der Waals surface area contributed by atoms with Gasteiger partial charge in [0.2, 0.25) is 19.1 Å². The number of carbonyl (C=O) groups excluding carboxylic acids is 3. The third-order valence-electron chi connectivity index (χ3n) is 6.05. The summed E-state index contributed by atoms with van der Waals surface area (Å²) >= 11 is 0. The number of hydrogen-bond donors (Lipinski definition) is 0. The molecule has 0 N–H and O–H groups in total. The van der Waals surface area contributed by atoms with Gasteiger partial charge in [-0.3, -0.25) is 14.4 Å². The van der Waals surface area contributed by atoms with Gasteiger partial charge in [0.15, 0.2) is 11.5 Å². The summed E-state index contributed by atoms with van der Waals surface area (Å²) in [6.07, 6.45) is 3.00. The molecule has 212 valence electrons. The lowest BCUT2D eigenvalue weighted by molar-refractivity contribution is -0.183. The molecule has 0 fully saturated rings. The van der Waals surface area contributed by atoms with E-state index in [0.29, 0.717) is 30.0 Å². The molecule has 0 bridgehead atoms. The van der Waals surface area contributed by atoms with E-state index in [1.54, 1.807) is 39.0 Å². The number of rotatable bonds is 12. The molecule has 0 saturated heterocycles. The molecule has 1 aliphatic heterocycles. The number of fused-ring (bicyclic) bond motifs is 1. The van der Waals surface area contributed by atoms with Crippen molar-refractivity contribution in [2.75, 3.05) is 25.4 Å². The van der Waals surface area contributed by atoms with Gasteiger partial charge in [-0.25, -0.2) is 14.9 Å². The Morgan fingerprint density at radius 3 is 2.46 bits per heavy atom. The van der Waals surface area contributed by atoms with Gasteiger partial charge in [-0.15, -0.1) is 0 Å². The van der Waals surface area contributed by atoms with Crippen molar-refractivity contribution in [3.05, 3.63) is 54.1 Å². The fourth-order valence-corrected chi connectivity index (χ4v) is 4.14. The summed E-state index contributed by atoms with van der Waals surface area (Å²) in [4.78, 5) is 45.0. The molecule has 1 heterocycles. The largest absolute Gasteiger partial charge is 0.454 e. The van der Waals surface area contributed by atoms with Gasteiger partial charge >= 0.3 is 6.09 Å². The third kappa shape index (κ3) is 8.35. The second-order valence-corrected chi connectivity index (χ2v) is 10.3. The summed E-state index contributed by atoms with van der Waals surface area (Å²) in [5.74, 6) is -0.209. The van der Waals surface area contributed by atoms with E-state index in [-0.39, 0.29) is 25.9 Å². The molecule has 10 heteroatoms. The minimum Gasteiger partial charge on any atom is -0.454 e. The first-order valence-corrected chi connectivity index (χ1v) is 13.2. The fraction of sp³-hybridized carbons (Fsp3) is 0.483. The molecule has 3 amide bonds. The van der Waals surface area contributed by atoms with E-state index in [4.69, 9.17) is 19.0 Å². The van der Waals surface area contributed by atoms with Crippen molar-refractivity contribution in [3.8, 4) is 11.5 Å². The van der Waals surface area contributed by atoms with Crippen LogP contribution in [0.4, 0.5) is 10.5 Å². The fourth-order valence-electron chi connectivity index (χ4n) is 4.14. The zero-order valence-electron chi connectivity index (χ0n) is 23.4. The maximum atomic E-state index is 14.0. The van der Waals surface area contributed by atoms with Crippen LogP contribution >= 0.6 is 0 Å². The summed E-state index contributed by atoms with van der Waals surface area (Å²) in [6, 6.07) is 14.5. The number of carbonyl (C=O) groups is 3. The smallest absolute Gasteiger partial charge is 0.434 e. The zero-order chi connectivity index (χ0) is 28.4. The molecule has 39 heavy (non-hydrogen) atoms. The van der Waals surface area contributed by atoms with Gasteiger partial charge < -0.3 is 14.2 Å². The van der Waals surface area contributed by atoms with Gasteiger partial charge in [0.05, 0.1) is 12.5 Å². The summed E-state index contributed by atoms with van der Waals surface area (Å²) < 4.78 is 16.8. The first-order chi connectivity index (χ1) is 18.6.